The summed E-state index contributed by atoms with van der Waals surface area (Å²) >= 11 is 5.17. The second-order valence-corrected chi connectivity index (χ2v) is 7.38. The molecule has 0 unspecified atom stereocenters. The molecule has 2 aromatic carbocycles. The average molecular weight is 408 g/mol. The number of nitrogens with one attached hydrogen (secondary N) is 3. The largest absolute Gasteiger partial charge is 0.497 e. The standard InChI is InChI=1S/C18H21N3O4S2/c1-4-11-19-18(26)20-16-10-9-15(25-3)12-17(16)27(22,23)21-13-5-7-14(24-2)8-6-13/h4-10,12,21H,1,11H2,2-3H3,(H2,19,20,26). The first-order valence-corrected chi connectivity index (χ1v) is 9.79. The van der Waals surface area contributed by atoms with E-state index in [0.717, 1.165) is 0 Å². The van der Waals surface area contributed by atoms with Crippen molar-refractivity contribution in [3.8, 4) is 11.5 Å². The van der Waals surface area contributed by atoms with Crippen LogP contribution in [-0.2, 0) is 10.0 Å². The summed E-state index contributed by atoms with van der Waals surface area (Å²) in [5, 5.41) is 6.06. The highest BCUT2D eigenvalue weighted by molar-refractivity contribution is 7.93. The Hall–Kier alpha value is -2.78. The second-order valence-electron chi connectivity index (χ2n) is 5.32. The molecule has 7 nitrogen and oxygen atoms in total. The van der Waals surface area contributed by atoms with Gasteiger partial charge in [0.1, 0.15) is 16.4 Å². The maximum atomic E-state index is 12.9. The number of hydrogen-bond acceptors (Lipinski definition) is 5. The number of anilines is 2. The van der Waals surface area contributed by atoms with Crippen LogP contribution in [-0.4, -0.2) is 34.3 Å². The molecule has 0 bridgehead atoms. The first-order valence-electron chi connectivity index (χ1n) is 7.90. The summed E-state index contributed by atoms with van der Waals surface area (Å²) in [4.78, 5) is 0.000390. The van der Waals surface area contributed by atoms with E-state index in [1.807, 2.05) is 0 Å². The van der Waals surface area contributed by atoms with Crippen LogP contribution in [0.2, 0.25) is 0 Å². The van der Waals surface area contributed by atoms with Crippen molar-refractivity contribution in [1.82, 2.24) is 5.32 Å². The Morgan fingerprint density at radius 3 is 2.33 bits per heavy atom. The zero-order chi connectivity index (χ0) is 19.9. The highest BCUT2D eigenvalue weighted by Crippen LogP contribution is 2.28. The van der Waals surface area contributed by atoms with Crippen LogP contribution >= 0.6 is 12.2 Å². The van der Waals surface area contributed by atoms with Gasteiger partial charge in [-0.2, -0.15) is 0 Å². The topological polar surface area (TPSA) is 88.7 Å². The Balaban J connectivity index is 2.34. The van der Waals surface area contributed by atoms with Crippen molar-refractivity contribution >= 4 is 38.7 Å². The lowest BCUT2D eigenvalue weighted by Crippen LogP contribution is -2.29. The van der Waals surface area contributed by atoms with Gasteiger partial charge in [0.15, 0.2) is 5.11 Å². The normalized spacial score (nSPS) is 10.6. The van der Waals surface area contributed by atoms with E-state index >= 15 is 0 Å². The molecule has 0 aliphatic rings. The summed E-state index contributed by atoms with van der Waals surface area (Å²) in [7, 11) is -0.901. The molecule has 0 radical (unpaired) electrons. The van der Waals surface area contributed by atoms with Gasteiger partial charge in [-0.15, -0.1) is 6.58 Å². The number of rotatable bonds is 8. The highest BCUT2D eigenvalue weighted by atomic mass is 32.2. The summed E-state index contributed by atoms with van der Waals surface area (Å²) in [6.07, 6.45) is 1.64. The zero-order valence-corrected chi connectivity index (χ0v) is 16.6. The van der Waals surface area contributed by atoms with E-state index in [1.54, 1.807) is 42.5 Å². The summed E-state index contributed by atoms with van der Waals surface area (Å²) < 4.78 is 38.6. The predicted octanol–water partition coefficient (Wildman–Crippen LogP) is 2.98. The van der Waals surface area contributed by atoms with Crippen LogP contribution in [0.25, 0.3) is 0 Å². The number of methoxy groups -OCH3 is 2. The maximum Gasteiger partial charge on any atom is 0.264 e. The molecule has 2 aromatic rings. The Morgan fingerprint density at radius 2 is 1.74 bits per heavy atom. The Morgan fingerprint density at radius 1 is 1.11 bits per heavy atom. The molecule has 0 atom stereocenters. The monoisotopic (exact) mass is 407 g/mol. The third-order valence-electron chi connectivity index (χ3n) is 3.48. The molecular formula is C18H21N3O4S2. The zero-order valence-electron chi connectivity index (χ0n) is 15.0. The van der Waals surface area contributed by atoms with Crippen molar-refractivity contribution in [3.63, 3.8) is 0 Å². The van der Waals surface area contributed by atoms with Crippen molar-refractivity contribution in [1.29, 1.82) is 0 Å². The fourth-order valence-electron chi connectivity index (χ4n) is 2.16. The van der Waals surface area contributed by atoms with E-state index in [9.17, 15) is 8.42 Å². The Bertz CT molecular complexity index is 913. The molecule has 0 aliphatic carbocycles. The Labute approximate surface area is 164 Å². The molecule has 9 heteroatoms. The van der Waals surface area contributed by atoms with Crippen LogP contribution in [0.3, 0.4) is 0 Å². The lowest BCUT2D eigenvalue weighted by Gasteiger charge is -2.16. The lowest BCUT2D eigenvalue weighted by atomic mass is 10.3. The van der Waals surface area contributed by atoms with Gasteiger partial charge in [-0.05, 0) is 48.6 Å². The molecule has 2 rings (SSSR count). The number of ether oxygens (including phenoxy) is 2. The molecule has 0 aliphatic heterocycles. The first kappa shape index (κ1) is 20.5. The molecule has 144 valence electrons. The number of hydrogen-bond donors (Lipinski definition) is 3. The number of thiocarbonyl (C=S) groups is 1. The minimum Gasteiger partial charge on any atom is -0.497 e. The summed E-state index contributed by atoms with van der Waals surface area (Å²) in [6, 6.07) is 11.2. The fourth-order valence-corrected chi connectivity index (χ4v) is 3.59. The van der Waals surface area contributed by atoms with Gasteiger partial charge in [-0.3, -0.25) is 4.72 Å². The Kier molecular flexibility index (Phi) is 7.03. The van der Waals surface area contributed by atoms with Crippen molar-refractivity contribution < 1.29 is 17.9 Å². The second kappa shape index (κ2) is 9.24. The van der Waals surface area contributed by atoms with Crippen molar-refractivity contribution in [2.45, 2.75) is 4.90 Å². The van der Waals surface area contributed by atoms with Gasteiger partial charge >= 0.3 is 0 Å². The number of benzene rings is 2. The van der Waals surface area contributed by atoms with Crippen molar-refractivity contribution in [3.05, 3.63) is 55.1 Å². The van der Waals surface area contributed by atoms with E-state index in [-0.39, 0.29) is 10.0 Å². The SMILES string of the molecule is C=CCNC(=S)Nc1ccc(OC)cc1S(=O)(=O)Nc1ccc(OC)cc1. The lowest BCUT2D eigenvalue weighted by molar-refractivity contribution is 0.413. The fraction of sp³-hybridized carbons (Fsp3) is 0.167. The van der Waals surface area contributed by atoms with Crippen LogP contribution < -0.4 is 24.8 Å². The minimum atomic E-state index is -3.90. The van der Waals surface area contributed by atoms with Crippen LogP contribution in [0.5, 0.6) is 11.5 Å². The molecule has 0 saturated heterocycles. The molecule has 27 heavy (non-hydrogen) atoms. The summed E-state index contributed by atoms with van der Waals surface area (Å²) in [5.74, 6) is 1.03. The van der Waals surface area contributed by atoms with Crippen molar-refractivity contribution in [2.75, 3.05) is 30.8 Å². The predicted molar refractivity (Wildman–Crippen MR) is 111 cm³/mol. The van der Waals surface area contributed by atoms with Gasteiger partial charge in [0.2, 0.25) is 0 Å². The molecule has 0 amide bonds. The molecule has 0 saturated carbocycles. The first-order chi connectivity index (χ1) is 12.9. The summed E-state index contributed by atoms with van der Waals surface area (Å²) in [5.41, 5.74) is 0.718. The van der Waals surface area contributed by atoms with E-state index in [1.165, 1.54) is 20.3 Å². The molecule has 0 fully saturated rings. The van der Waals surface area contributed by atoms with Crippen LogP contribution in [0, 0.1) is 0 Å². The van der Waals surface area contributed by atoms with Crippen molar-refractivity contribution in [2.24, 2.45) is 0 Å². The van der Waals surface area contributed by atoms with Crippen LogP contribution in [0.1, 0.15) is 0 Å². The maximum absolute atomic E-state index is 12.9. The third kappa shape index (κ3) is 5.60. The van der Waals surface area contributed by atoms with E-state index in [4.69, 9.17) is 21.7 Å². The molecule has 0 aromatic heterocycles. The third-order valence-corrected chi connectivity index (χ3v) is 5.14. The van der Waals surface area contributed by atoms with Gasteiger partial charge in [0.05, 0.1) is 19.9 Å². The molecule has 0 heterocycles. The van der Waals surface area contributed by atoms with E-state index in [0.29, 0.717) is 29.4 Å². The molecule has 0 spiro atoms. The van der Waals surface area contributed by atoms with Crippen LogP contribution in [0.4, 0.5) is 11.4 Å². The van der Waals surface area contributed by atoms with Crippen LogP contribution in [0.15, 0.2) is 60.0 Å². The quantitative estimate of drug-likeness (QED) is 0.458. The summed E-state index contributed by atoms with van der Waals surface area (Å²) in [6.45, 7) is 4.05. The van der Waals surface area contributed by atoms with Gasteiger partial charge in [0.25, 0.3) is 10.0 Å². The van der Waals surface area contributed by atoms with Gasteiger partial charge in [-0.25, -0.2) is 8.42 Å². The van der Waals surface area contributed by atoms with E-state index < -0.39 is 10.0 Å². The smallest absolute Gasteiger partial charge is 0.264 e. The van der Waals surface area contributed by atoms with E-state index in [2.05, 4.69) is 21.9 Å². The van der Waals surface area contributed by atoms with Gasteiger partial charge < -0.3 is 20.1 Å². The minimum absolute atomic E-state index is 0.000390. The number of sulfonamides is 1. The molecular weight excluding hydrogens is 386 g/mol. The van der Waals surface area contributed by atoms with Gasteiger partial charge in [-0.1, -0.05) is 6.08 Å². The van der Waals surface area contributed by atoms with Gasteiger partial charge in [0, 0.05) is 18.3 Å². The average Bonchev–Trinajstić information content (AvgIpc) is 2.67. The molecule has 3 N–H and O–H groups in total. The highest BCUT2D eigenvalue weighted by Gasteiger charge is 2.20.